The molecule has 2 N–H and O–H groups in total. The predicted octanol–water partition coefficient (Wildman–Crippen LogP) is 1.97. The maximum absolute atomic E-state index is 5.96. The van der Waals surface area contributed by atoms with E-state index in [1.807, 2.05) is 31.2 Å². The van der Waals surface area contributed by atoms with E-state index in [-0.39, 0.29) is 6.10 Å². The first-order valence-electron chi connectivity index (χ1n) is 8.95. The molecule has 0 bridgehead atoms. The highest BCUT2D eigenvalue weighted by atomic mass is 16.5. The first kappa shape index (κ1) is 19.4. The van der Waals surface area contributed by atoms with Crippen LogP contribution in [0.3, 0.4) is 0 Å². The Morgan fingerprint density at radius 2 is 1.84 bits per heavy atom. The van der Waals surface area contributed by atoms with Gasteiger partial charge < -0.3 is 25.0 Å². The number of methoxy groups -OCH3 is 1. The third-order valence-electron chi connectivity index (χ3n) is 4.49. The third kappa shape index (κ3) is 6.12. The van der Waals surface area contributed by atoms with Crippen molar-refractivity contribution in [3.63, 3.8) is 0 Å². The van der Waals surface area contributed by atoms with Crippen molar-refractivity contribution >= 4 is 5.96 Å². The molecule has 1 fully saturated rings. The van der Waals surface area contributed by atoms with Crippen molar-refractivity contribution < 1.29 is 9.47 Å². The van der Waals surface area contributed by atoms with E-state index in [0.717, 1.165) is 29.9 Å². The summed E-state index contributed by atoms with van der Waals surface area (Å²) in [6.45, 7) is 3.59. The molecule has 0 aliphatic heterocycles. The molecule has 2 atom stereocenters. The molecule has 1 aliphatic carbocycles. The van der Waals surface area contributed by atoms with Gasteiger partial charge in [0, 0.05) is 19.6 Å². The van der Waals surface area contributed by atoms with Gasteiger partial charge in [0.2, 0.25) is 0 Å². The number of ether oxygens (including phenoxy) is 2. The van der Waals surface area contributed by atoms with Crippen molar-refractivity contribution in [2.24, 2.45) is 10.9 Å². The van der Waals surface area contributed by atoms with Crippen LogP contribution < -0.4 is 20.1 Å². The topological polar surface area (TPSA) is 58.1 Å². The first-order chi connectivity index (χ1) is 12.0. The maximum atomic E-state index is 5.96. The van der Waals surface area contributed by atoms with Gasteiger partial charge in [-0.3, -0.25) is 4.99 Å². The minimum absolute atomic E-state index is 0.0112. The zero-order valence-corrected chi connectivity index (χ0v) is 16.1. The quantitative estimate of drug-likeness (QED) is 0.528. The molecule has 0 spiro atoms. The number of rotatable bonds is 9. The van der Waals surface area contributed by atoms with E-state index in [9.17, 15) is 0 Å². The Labute approximate surface area is 151 Å². The Morgan fingerprint density at radius 1 is 1.20 bits per heavy atom. The number of guanidine groups is 1. The zero-order chi connectivity index (χ0) is 18.2. The summed E-state index contributed by atoms with van der Waals surface area (Å²) in [5, 5.41) is 6.77. The summed E-state index contributed by atoms with van der Waals surface area (Å²) in [6, 6.07) is 8.24. The normalized spacial score (nSPS) is 17.1. The van der Waals surface area contributed by atoms with E-state index in [2.05, 4.69) is 34.6 Å². The van der Waals surface area contributed by atoms with Crippen LogP contribution in [0.15, 0.2) is 29.3 Å². The average molecular weight is 348 g/mol. The van der Waals surface area contributed by atoms with Gasteiger partial charge in [-0.15, -0.1) is 0 Å². The molecule has 6 nitrogen and oxygen atoms in total. The summed E-state index contributed by atoms with van der Waals surface area (Å²) in [5.41, 5.74) is 0. The number of likely N-dealkylation sites (N-methyl/N-ethyl adjacent to an activating group) is 1. The molecular formula is C19H32N4O2. The minimum atomic E-state index is -0.0112. The van der Waals surface area contributed by atoms with Crippen LogP contribution in [-0.2, 0) is 0 Å². The van der Waals surface area contributed by atoms with Crippen LogP contribution in [0, 0.1) is 5.92 Å². The predicted molar refractivity (Wildman–Crippen MR) is 103 cm³/mol. The number of para-hydroxylation sites is 2. The fourth-order valence-corrected chi connectivity index (χ4v) is 2.89. The minimum Gasteiger partial charge on any atom is -0.493 e. The molecule has 140 valence electrons. The monoisotopic (exact) mass is 348 g/mol. The average Bonchev–Trinajstić information content (AvgIpc) is 3.43. The third-order valence-corrected chi connectivity index (χ3v) is 4.49. The van der Waals surface area contributed by atoms with E-state index in [0.29, 0.717) is 12.6 Å². The van der Waals surface area contributed by atoms with E-state index in [1.165, 1.54) is 12.8 Å². The van der Waals surface area contributed by atoms with Crippen molar-refractivity contribution in [3.8, 4) is 11.5 Å². The van der Waals surface area contributed by atoms with Crippen LogP contribution in [0.2, 0.25) is 0 Å². The number of hydrogen-bond donors (Lipinski definition) is 2. The van der Waals surface area contributed by atoms with E-state index >= 15 is 0 Å². The lowest BCUT2D eigenvalue weighted by molar-refractivity contribution is 0.213. The van der Waals surface area contributed by atoms with E-state index < -0.39 is 0 Å². The van der Waals surface area contributed by atoms with Crippen LogP contribution in [-0.4, -0.2) is 64.3 Å². The molecule has 25 heavy (non-hydrogen) atoms. The Hall–Kier alpha value is -1.95. The lowest BCUT2D eigenvalue weighted by Crippen LogP contribution is -2.47. The summed E-state index contributed by atoms with van der Waals surface area (Å²) in [4.78, 5) is 6.60. The number of benzene rings is 1. The number of nitrogens with zero attached hydrogens (tertiary/aromatic N) is 2. The van der Waals surface area contributed by atoms with Gasteiger partial charge in [-0.2, -0.15) is 0 Å². The molecule has 2 rings (SSSR count). The molecule has 1 aromatic carbocycles. The second-order valence-electron chi connectivity index (χ2n) is 6.78. The molecule has 0 amide bonds. The highest BCUT2D eigenvalue weighted by Gasteiger charge is 2.32. The summed E-state index contributed by atoms with van der Waals surface area (Å²) in [7, 11) is 7.73. The first-order valence-corrected chi connectivity index (χ1v) is 8.95. The molecule has 0 heterocycles. The maximum Gasteiger partial charge on any atom is 0.191 e. The van der Waals surface area contributed by atoms with Gasteiger partial charge in [0.1, 0.15) is 6.10 Å². The van der Waals surface area contributed by atoms with Crippen molar-refractivity contribution in [2.75, 3.05) is 41.3 Å². The van der Waals surface area contributed by atoms with Crippen LogP contribution >= 0.6 is 0 Å². The highest BCUT2D eigenvalue weighted by molar-refractivity contribution is 5.79. The van der Waals surface area contributed by atoms with Crippen molar-refractivity contribution in [1.82, 2.24) is 15.5 Å². The van der Waals surface area contributed by atoms with Gasteiger partial charge >= 0.3 is 0 Å². The Bertz CT molecular complexity index is 556. The van der Waals surface area contributed by atoms with Crippen LogP contribution in [0.1, 0.15) is 19.8 Å². The SMILES string of the molecule is CN=C(NCC(C)Oc1ccccc1OC)NCC(C1CC1)N(C)C. The molecule has 6 heteroatoms. The summed E-state index contributed by atoms with van der Waals surface area (Å²) >= 11 is 0. The van der Waals surface area contributed by atoms with Crippen molar-refractivity contribution in [1.29, 1.82) is 0 Å². The Balaban J connectivity index is 1.77. The van der Waals surface area contributed by atoms with Crippen molar-refractivity contribution in [2.45, 2.75) is 31.9 Å². The van der Waals surface area contributed by atoms with Crippen LogP contribution in [0.5, 0.6) is 11.5 Å². The van der Waals surface area contributed by atoms with E-state index in [1.54, 1.807) is 14.2 Å². The fourth-order valence-electron chi connectivity index (χ4n) is 2.89. The number of hydrogen-bond acceptors (Lipinski definition) is 4. The van der Waals surface area contributed by atoms with E-state index in [4.69, 9.17) is 9.47 Å². The standard InChI is InChI=1S/C19H32N4O2/c1-14(25-18-9-7-6-8-17(18)24-5)12-21-19(20-2)22-13-16(23(3)4)15-10-11-15/h6-9,14-16H,10-13H2,1-5H3,(H2,20,21,22). The van der Waals surface area contributed by atoms with Gasteiger partial charge in [-0.1, -0.05) is 12.1 Å². The van der Waals surface area contributed by atoms with Gasteiger partial charge in [0.25, 0.3) is 0 Å². The Morgan fingerprint density at radius 3 is 2.40 bits per heavy atom. The van der Waals surface area contributed by atoms with Gasteiger partial charge in [-0.25, -0.2) is 0 Å². The molecule has 2 unspecified atom stereocenters. The molecule has 1 aliphatic rings. The number of aliphatic imine (C=N–C) groups is 1. The van der Waals surface area contributed by atoms with Gasteiger partial charge in [0.15, 0.2) is 17.5 Å². The summed E-state index contributed by atoms with van der Waals surface area (Å²) in [6.07, 6.45) is 2.66. The second kappa shape index (κ2) is 9.51. The molecule has 0 saturated heterocycles. The Kier molecular flexibility index (Phi) is 7.37. The van der Waals surface area contributed by atoms with Gasteiger partial charge in [-0.05, 0) is 51.9 Å². The second-order valence-corrected chi connectivity index (χ2v) is 6.78. The zero-order valence-electron chi connectivity index (χ0n) is 16.1. The smallest absolute Gasteiger partial charge is 0.191 e. The number of nitrogens with one attached hydrogen (secondary N) is 2. The lowest BCUT2D eigenvalue weighted by Gasteiger charge is -2.26. The fraction of sp³-hybridized carbons (Fsp3) is 0.632. The van der Waals surface area contributed by atoms with Crippen LogP contribution in [0.4, 0.5) is 0 Å². The largest absolute Gasteiger partial charge is 0.493 e. The van der Waals surface area contributed by atoms with Crippen molar-refractivity contribution in [3.05, 3.63) is 24.3 Å². The lowest BCUT2D eigenvalue weighted by atomic mass is 10.1. The molecule has 0 radical (unpaired) electrons. The highest BCUT2D eigenvalue weighted by Crippen LogP contribution is 2.34. The van der Waals surface area contributed by atoms with Crippen LogP contribution in [0.25, 0.3) is 0 Å². The molecule has 0 aromatic heterocycles. The summed E-state index contributed by atoms with van der Waals surface area (Å²) in [5.74, 6) is 3.12. The molecule has 1 aromatic rings. The van der Waals surface area contributed by atoms with Gasteiger partial charge in [0.05, 0.1) is 13.7 Å². The molecule has 1 saturated carbocycles. The molecular weight excluding hydrogens is 316 g/mol. The summed E-state index contributed by atoms with van der Waals surface area (Å²) < 4.78 is 11.3.